The van der Waals surface area contributed by atoms with Crippen LogP contribution >= 0.6 is 0 Å². The number of benzene rings is 2. The summed E-state index contributed by atoms with van der Waals surface area (Å²) in [5.74, 6) is 0.518. The van der Waals surface area contributed by atoms with E-state index in [4.69, 9.17) is 20.0 Å². The van der Waals surface area contributed by atoms with Gasteiger partial charge in [-0.1, -0.05) is 18.2 Å². The Morgan fingerprint density at radius 2 is 1.83 bits per heavy atom. The molecule has 1 aliphatic carbocycles. The van der Waals surface area contributed by atoms with Crippen molar-refractivity contribution in [3.63, 3.8) is 0 Å². The molecule has 0 radical (unpaired) electrons. The summed E-state index contributed by atoms with van der Waals surface area (Å²) in [5.41, 5.74) is 2.03. The lowest BCUT2D eigenvalue weighted by Crippen LogP contribution is -2.37. The molecule has 2 aliphatic rings. The predicted octanol–water partition coefficient (Wildman–Crippen LogP) is 4.49. The number of ether oxygens (including phenoxy) is 1. The van der Waals surface area contributed by atoms with E-state index < -0.39 is 31.7 Å². The van der Waals surface area contributed by atoms with Gasteiger partial charge in [-0.15, -0.1) is 6.58 Å². The number of anilines is 2. The second-order valence-corrected chi connectivity index (χ2v) is 12.5. The summed E-state index contributed by atoms with van der Waals surface area (Å²) < 4.78 is 46.2. The number of hydrogen-bond donors (Lipinski definition) is 2. The molecule has 2 N–H and O–H groups in total. The van der Waals surface area contributed by atoms with Crippen molar-refractivity contribution in [1.82, 2.24) is 15.3 Å². The number of sulfone groups is 1. The fraction of sp³-hybridized carbons (Fsp3) is 0.333. The van der Waals surface area contributed by atoms with Crippen LogP contribution in [0.25, 0.3) is 11.4 Å². The molecule has 10 nitrogen and oxygen atoms in total. The van der Waals surface area contributed by atoms with Crippen LogP contribution in [-0.2, 0) is 19.3 Å². The van der Waals surface area contributed by atoms with Crippen LogP contribution < -0.4 is 15.5 Å². The van der Waals surface area contributed by atoms with Crippen molar-refractivity contribution in [1.29, 1.82) is 5.26 Å². The summed E-state index contributed by atoms with van der Waals surface area (Å²) in [5, 5.41) is 12.9. The Bertz CT molecular complexity index is 1600. The van der Waals surface area contributed by atoms with Gasteiger partial charge in [-0.3, -0.25) is 0 Å². The second-order valence-electron chi connectivity index (χ2n) is 10.1. The number of nitrogens with zero attached hydrogens (tertiary/aromatic N) is 4. The first kappa shape index (κ1) is 29.2. The van der Waals surface area contributed by atoms with Gasteiger partial charge >= 0.3 is 6.03 Å². The molecule has 2 heterocycles. The second kappa shape index (κ2) is 12.3. The molecule has 1 saturated carbocycles. The molecule has 2 amide bonds. The Kier molecular flexibility index (Phi) is 8.51. The van der Waals surface area contributed by atoms with Crippen LogP contribution in [0, 0.1) is 17.1 Å². The highest BCUT2D eigenvalue weighted by Crippen LogP contribution is 2.56. The van der Waals surface area contributed by atoms with Crippen LogP contribution in [0.2, 0.25) is 0 Å². The third-order valence-corrected chi connectivity index (χ3v) is 10.3. The van der Waals surface area contributed by atoms with Gasteiger partial charge in [-0.25, -0.2) is 27.6 Å². The smallest absolute Gasteiger partial charge is 0.319 e. The number of carbonyl (C=O) groups is 1. The first-order valence-electron chi connectivity index (χ1n) is 13.6. The Hall–Kier alpha value is -4.34. The van der Waals surface area contributed by atoms with Crippen molar-refractivity contribution in [2.45, 2.75) is 29.3 Å². The predicted molar refractivity (Wildman–Crippen MR) is 157 cm³/mol. The highest BCUT2D eigenvalue weighted by atomic mass is 32.2. The molecule has 42 heavy (non-hydrogen) atoms. The first-order chi connectivity index (χ1) is 20.3. The number of amides is 2. The van der Waals surface area contributed by atoms with Crippen molar-refractivity contribution < 1.29 is 22.3 Å². The molecule has 3 aromatic rings. The van der Waals surface area contributed by atoms with Crippen molar-refractivity contribution in [3.8, 4) is 17.5 Å². The molecular weight excluding hydrogens is 559 g/mol. The van der Waals surface area contributed by atoms with Gasteiger partial charge in [0, 0.05) is 37.0 Å². The number of morpholine rings is 1. The van der Waals surface area contributed by atoms with Crippen LogP contribution in [0.4, 0.5) is 20.7 Å². The Morgan fingerprint density at radius 1 is 1.14 bits per heavy atom. The first-order valence-corrected chi connectivity index (χ1v) is 15.2. The zero-order valence-corrected chi connectivity index (χ0v) is 23.7. The molecule has 0 spiro atoms. The number of halogens is 1. The summed E-state index contributed by atoms with van der Waals surface area (Å²) in [7, 11) is -3.88. The van der Waals surface area contributed by atoms with Crippen LogP contribution in [-0.4, -0.2) is 57.3 Å². The van der Waals surface area contributed by atoms with Gasteiger partial charge in [0.2, 0.25) is 0 Å². The molecule has 1 aliphatic heterocycles. The number of carbonyl (C=O) groups excluding carboxylic acids is 1. The van der Waals surface area contributed by atoms with E-state index in [1.54, 1.807) is 30.3 Å². The van der Waals surface area contributed by atoms with Gasteiger partial charge in [0.1, 0.15) is 21.6 Å². The van der Waals surface area contributed by atoms with E-state index in [9.17, 15) is 17.6 Å². The molecule has 1 saturated heterocycles. The average Bonchev–Trinajstić information content (AvgIpc) is 3.82. The van der Waals surface area contributed by atoms with E-state index in [2.05, 4.69) is 17.2 Å². The minimum Gasteiger partial charge on any atom is -0.378 e. The number of aromatic nitrogens is 2. The van der Waals surface area contributed by atoms with Gasteiger partial charge in [0.05, 0.1) is 31.4 Å². The lowest BCUT2D eigenvalue weighted by molar-refractivity contribution is 0.122. The minimum absolute atomic E-state index is 0.209. The van der Waals surface area contributed by atoms with E-state index in [0.717, 1.165) is 0 Å². The van der Waals surface area contributed by atoms with Crippen molar-refractivity contribution in [3.05, 3.63) is 84.3 Å². The van der Waals surface area contributed by atoms with E-state index in [1.807, 2.05) is 11.0 Å². The van der Waals surface area contributed by atoms with Gasteiger partial charge < -0.3 is 20.3 Å². The molecule has 1 aromatic heterocycles. The minimum atomic E-state index is -3.88. The van der Waals surface area contributed by atoms with E-state index in [1.165, 1.54) is 30.3 Å². The third-order valence-electron chi connectivity index (χ3n) is 7.43. The van der Waals surface area contributed by atoms with Crippen LogP contribution in [0.1, 0.15) is 35.8 Å². The molecule has 12 heteroatoms. The number of rotatable bonds is 10. The van der Waals surface area contributed by atoms with Crippen molar-refractivity contribution in [2.75, 3.05) is 43.1 Å². The molecule has 2 aromatic carbocycles. The molecule has 1 unspecified atom stereocenters. The number of urea groups is 1. The highest BCUT2D eigenvalue weighted by Gasteiger charge is 2.59. The number of nitrogens with one attached hydrogen (secondary N) is 2. The van der Waals surface area contributed by atoms with Crippen LogP contribution in [0.5, 0.6) is 0 Å². The Morgan fingerprint density at radius 3 is 2.45 bits per heavy atom. The number of hydrogen-bond acceptors (Lipinski definition) is 8. The lowest BCUT2D eigenvalue weighted by Gasteiger charge is -2.29. The zero-order chi connectivity index (χ0) is 29.7. The van der Waals surface area contributed by atoms with E-state index in [0.29, 0.717) is 73.3 Å². The Balaban J connectivity index is 1.49. The normalized spacial score (nSPS) is 16.6. The molecular formula is C30H31FN6O4S. The SMILES string of the molecule is C=CC(c1ccc(F)cc1)S(=O)(=O)C1(c2cc(N3CCOCC3)nc(-c3ccc(NC(=O)NCCC#N)cc3)n2)CC1. The zero-order valence-electron chi connectivity index (χ0n) is 22.9. The molecule has 0 bridgehead atoms. The fourth-order valence-electron chi connectivity index (χ4n) is 5.00. The molecule has 5 rings (SSSR count). The van der Waals surface area contributed by atoms with Gasteiger partial charge in [0.15, 0.2) is 15.7 Å². The monoisotopic (exact) mass is 590 g/mol. The maximum Gasteiger partial charge on any atom is 0.319 e. The van der Waals surface area contributed by atoms with E-state index >= 15 is 0 Å². The third kappa shape index (κ3) is 5.98. The summed E-state index contributed by atoms with van der Waals surface area (Å²) in [6.07, 6.45) is 2.38. The maximum absolute atomic E-state index is 14.2. The molecule has 218 valence electrons. The van der Waals surface area contributed by atoms with E-state index in [-0.39, 0.29) is 13.0 Å². The maximum atomic E-state index is 14.2. The molecule has 1 atom stereocenters. The summed E-state index contributed by atoms with van der Waals surface area (Å²) in [6.45, 7) is 6.28. The summed E-state index contributed by atoms with van der Waals surface area (Å²) in [4.78, 5) is 23.7. The fourth-order valence-corrected chi connectivity index (χ4v) is 7.32. The number of nitriles is 1. The van der Waals surface area contributed by atoms with Gasteiger partial charge in [0.25, 0.3) is 0 Å². The summed E-state index contributed by atoms with van der Waals surface area (Å²) >= 11 is 0. The van der Waals surface area contributed by atoms with Gasteiger partial charge in [-0.2, -0.15) is 5.26 Å². The Labute approximate surface area is 244 Å². The largest absolute Gasteiger partial charge is 0.378 e. The molecule has 2 fully saturated rings. The van der Waals surface area contributed by atoms with Crippen molar-refractivity contribution >= 4 is 27.4 Å². The van der Waals surface area contributed by atoms with Crippen molar-refractivity contribution in [2.24, 2.45) is 0 Å². The highest BCUT2D eigenvalue weighted by molar-refractivity contribution is 7.93. The lowest BCUT2D eigenvalue weighted by atomic mass is 10.1. The van der Waals surface area contributed by atoms with Crippen LogP contribution in [0.3, 0.4) is 0 Å². The topological polar surface area (TPSA) is 137 Å². The quantitative estimate of drug-likeness (QED) is 0.260. The van der Waals surface area contributed by atoms with Crippen LogP contribution in [0.15, 0.2) is 67.3 Å². The summed E-state index contributed by atoms with van der Waals surface area (Å²) in [6, 6.07) is 15.6. The average molecular weight is 591 g/mol. The van der Waals surface area contributed by atoms with Gasteiger partial charge in [-0.05, 0) is 54.8 Å². The standard InChI is InChI=1S/C30H31FN6O4S/c1-2-25(21-4-8-23(31)9-5-21)42(39,40)30(12-13-30)26-20-27(37-16-18-41-19-17-37)36-28(35-26)22-6-10-24(11-7-22)34-29(38)33-15-3-14-32/h2,4-11,20,25H,1,3,12-13,15-19H2,(H2,33,34,38).